The largest absolute Gasteiger partial charge is 2.00 e. The van der Waals surface area contributed by atoms with Gasteiger partial charge in [0.05, 0.1) is 33.3 Å². The van der Waals surface area contributed by atoms with Gasteiger partial charge in [0.15, 0.2) is 5.78 Å². The van der Waals surface area contributed by atoms with E-state index in [0.29, 0.717) is 0 Å². The summed E-state index contributed by atoms with van der Waals surface area (Å²) < 4.78 is 38.2. The molecular weight excluding hydrogens is 662 g/mol. The molecule has 0 saturated heterocycles. The van der Waals surface area contributed by atoms with E-state index in [4.69, 9.17) is 39.9 Å². The fourth-order valence-electron chi connectivity index (χ4n) is 2.37. The minimum absolute atomic E-state index is 0. The minimum atomic E-state index is -1.23. The van der Waals surface area contributed by atoms with Gasteiger partial charge in [-0.25, -0.2) is 23.0 Å². The molecule has 0 aliphatic heterocycles. The first-order valence-corrected chi connectivity index (χ1v) is 10.8. The molecule has 0 saturated carbocycles. The molecule has 0 aromatic heterocycles. The maximum absolute atomic E-state index is 13.0. The van der Waals surface area contributed by atoms with Crippen molar-refractivity contribution in [3.8, 4) is 0 Å². The third kappa shape index (κ3) is 12.5. The number of carbonyl (C=O) groups is 3. The Balaban J connectivity index is -0.000000484. The van der Waals surface area contributed by atoms with Crippen LogP contribution in [0.2, 0.25) is 15.1 Å². The number of Topliss-reactive ketones (excluding diaryl/α,β-unsaturated/α-hetero) is 1. The van der Waals surface area contributed by atoms with Crippen LogP contribution in [0, 0.1) is 24.9 Å². The predicted molar refractivity (Wildman–Crippen MR) is 142 cm³/mol. The molecule has 0 spiro atoms. The molecule has 208 valence electrons. The maximum atomic E-state index is 13.0. The fraction of sp³-hybridized carbons (Fsp3) is 0.120. The summed E-state index contributed by atoms with van der Waals surface area (Å²) in [5.41, 5.74) is 0.0920. The van der Waals surface area contributed by atoms with E-state index >= 15 is 0 Å². The summed E-state index contributed by atoms with van der Waals surface area (Å²) >= 11 is 16.4. The van der Waals surface area contributed by atoms with Gasteiger partial charge < -0.3 is 29.5 Å². The van der Waals surface area contributed by atoms with Gasteiger partial charge in [0.25, 0.3) is 5.91 Å². The van der Waals surface area contributed by atoms with Crippen LogP contribution in [0.25, 0.3) is 0 Å². The number of carboxylic acids is 1. The van der Waals surface area contributed by atoms with Crippen LogP contribution < -0.4 is 17.0 Å². The van der Waals surface area contributed by atoms with Gasteiger partial charge in [-0.15, -0.1) is 0 Å². The second-order valence-electron chi connectivity index (χ2n) is 6.65. The standard InChI is InChI=1S/C9H9ClFNO2.C8H6ClFO.C7H4ClFO2.CH3.BrH.Mg/c1-12(14-2)9(13)6-4-3-5-7(11)8(6)10;1-5(11)6-3-2-4-7(10)8(6)9;8-6-4(7(10)11)2-1-3-5(6)9;;;/h3-5H,1-2H3;2-4H,1H3;1-3H,(H,10,11);1H3;1H;/q;;;-1;;+2/p-1. The molecule has 3 rings (SSSR count). The van der Waals surface area contributed by atoms with E-state index in [1.54, 1.807) is 0 Å². The normalized spacial score (nSPS) is 9.05. The number of halogens is 7. The van der Waals surface area contributed by atoms with Gasteiger partial charge in [0, 0.05) is 12.6 Å². The van der Waals surface area contributed by atoms with Crippen LogP contribution in [0.15, 0.2) is 54.6 Å². The van der Waals surface area contributed by atoms with Gasteiger partial charge in [-0.3, -0.25) is 14.4 Å². The molecule has 1 N–H and O–H groups in total. The molecule has 0 bridgehead atoms. The van der Waals surface area contributed by atoms with Crippen molar-refractivity contribution in [3.05, 3.63) is 111 Å². The zero-order valence-corrected chi connectivity index (χ0v) is 26.3. The van der Waals surface area contributed by atoms with Crippen LogP contribution in [-0.2, 0) is 4.84 Å². The molecule has 0 atom stereocenters. The summed E-state index contributed by atoms with van der Waals surface area (Å²) in [6, 6.07) is 11.8. The Bertz CT molecular complexity index is 1210. The maximum Gasteiger partial charge on any atom is 2.00 e. The summed E-state index contributed by atoms with van der Waals surface area (Å²) in [5, 5.41) is 8.77. The number of ketones is 1. The topological polar surface area (TPSA) is 83.9 Å². The Hall–Kier alpha value is -1.86. The van der Waals surface area contributed by atoms with Gasteiger partial charge in [-0.1, -0.05) is 53.0 Å². The number of benzene rings is 3. The number of hydroxylamine groups is 2. The van der Waals surface area contributed by atoms with Gasteiger partial charge in [0.2, 0.25) is 0 Å². The summed E-state index contributed by atoms with van der Waals surface area (Å²) in [5.74, 6) is -3.84. The molecule has 3 aromatic rings. The summed E-state index contributed by atoms with van der Waals surface area (Å²) in [7, 11) is 2.76. The molecule has 0 heterocycles. The van der Waals surface area contributed by atoms with Crippen molar-refractivity contribution in [3.63, 3.8) is 0 Å². The van der Waals surface area contributed by atoms with Crippen molar-refractivity contribution < 1.29 is 54.5 Å². The summed E-state index contributed by atoms with van der Waals surface area (Å²) in [6.45, 7) is 1.35. The monoisotopic (exact) mass is 681 g/mol. The predicted octanol–water partition coefficient (Wildman–Crippen LogP) is 4.04. The van der Waals surface area contributed by atoms with Crippen LogP contribution in [0.3, 0.4) is 0 Å². The molecule has 6 nitrogen and oxygen atoms in total. The first kappa shape index (κ1) is 41.6. The molecule has 0 fully saturated rings. The second-order valence-corrected chi connectivity index (χ2v) is 7.78. The average molecular weight is 684 g/mol. The van der Waals surface area contributed by atoms with Crippen molar-refractivity contribution in [2.75, 3.05) is 14.2 Å². The van der Waals surface area contributed by atoms with E-state index in [2.05, 4.69) is 4.84 Å². The van der Waals surface area contributed by atoms with Crippen LogP contribution in [0.1, 0.15) is 38.0 Å². The van der Waals surface area contributed by atoms with Crippen LogP contribution >= 0.6 is 34.8 Å². The SMILES string of the molecule is CC(=O)c1cccc(F)c1Cl.CON(C)C(=O)c1cccc(F)c1Cl.O=C(O)c1cccc(F)c1Cl.[Br-].[CH3-].[Mg+2]. The Morgan fingerprint density at radius 3 is 1.41 bits per heavy atom. The zero-order chi connectivity index (χ0) is 27.6. The molecule has 0 radical (unpaired) electrons. The molecule has 39 heavy (non-hydrogen) atoms. The first-order valence-electron chi connectivity index (χ1n) is 9.71. The van der Waals surface area contributed by atoms with Crippen molar-refractivity contribution in [1.82, 2.24) is 5.06 Å². The third-order valence-electron chi connectivity index (χ3n) is 4.25. The van der Waals surface area contributed by atoms with Crippen LogP contribution in [-0.4, -0.2) is 65.0 Å². The van der Waals surface area contributed by atoms with Gasteiger partial charge in [0.1, 0.15) is 17.5 Å². The number of aromatic carboxylic acids is 1. The van der Waals surface area contributed by atoms with Gasteiger partial charge in [-0.05, 0) is 43.3 Å². The van der Waals surface area contributed by atoms with E-state index in [-0.39, 0.29) is 85.0 Å². The van der Waals surface area contributed by atoms with Crippen molar-refractivity contribution in [2.45, 2.75) is 6.92 Å². The Kier molecular flexibility index (Phi) is 21.4. The Morgan fingerprint density at radius 1 is 0.769 bits per heavy atom. The zero-order valence-electron chi connectivity index (χ0n) is 21.1. The number of amides is 1. The molecule has 14 heteroatoms. The molecule has 0 aliphatic carbocycles. The smallest absolute Gasteiger partial charge is 1.00 e. The van der Waals surface area contributed by atoms with E-state index in [9.17, 15) is 27.6 Å². The number of carbonyl (C=O) groups excluding carboxylic acids is 2. The molecule has 0 aliphatic rings. The summed E-state index contributed by atoms with van der Waals surface area (Å²) in [6.07, 6.45) is 0. The van der Waals surface area contributed by atoms with Crippen molar-refractivity contribution >= 4 is 75.5 Å². The van der Waals surface area contributed by atoms with E-state index in [1.807, 2.05) is 0 Å². The van der Waals surface area contributed by atoms with E-state index in [1.165, 1.54) is 69.6 Å². The number of hydrogen-bond donors (Lipinski definition) is 1. The molecule has 1 amide bonds. The molecule has 3 aromatic carbocycles. The van der Waals surface area contributed by atoms with Gasteiger partial charge in [-0.2, -0.15) is 0 Å². The summed E-state index contributed by atoms with van der Waals surface area (Å²) in [4.78, 5) is 37.3. The number of nitrogens with zero attached hydrogens (tertiary/aromatic N) is 1. The minimum Gasteiger partial charge on any atom is -1.00 e. The molecular formula is C25H22BrCl3F3MgNO5. The van der Waals surface area contributed by atoms with Crippen molar-refractivity contribution in [1.29, 1.82) is 0 Å². The Morgan fingerprint density at radius 2 is 1.10 bits per heavy atom. The second kappa shape index (κ2) is 20.1. The fourth-order valence-corrected chi connectivity index (χ4v) is 3.04. The third-order valence-corrected chi connectivity index (χ3v) is 5.41. The van der Waals surface area contributed by atoms with E-state index < -0.39 is 29.3 Å². The van der Waals surface area contributed by atoms with Crippen molar-refractivity contribution in [2.24, 2.45) is 0 Å². The average Bonchev–Trinajstić information content (AvgIpc) is 2.83. The van der Waals surface area contributed by atoms with Crippen LogP contribution in [0.5, 0.6) is 0 Å². The van der Waals surface area contributed by atoms with Crippen LogP contribution in [0.4, 0.5) is 13.2 Å². The number of carboxylic acid groups (broad SMARTS) is 1. The Labute approximate surface area is 265 Å². The van der Waals surface area contributed by atoms with E-state index in [0.717, 1.165) is 11.1 Å². The number of hydrogen-bond acceptors (Lipinski definition) is 4. The first-order chi connectivity index (χ1) is 16.8. The quantitative estimate of drug-likeness (QED) is 0.194. The number of rotatable bonds is 4. The van der Waals surface area contributed by atoms with Gasteiger partial charge >= 0.3 is 29.0 Å². The molecule has 0 unspecified atom stereocenters.